The van der Waals surface area contributed by atoms with Gasteiger partial charge in [0, 0.05) is 55.9 Å². The highest BCUT2D eigenvalue weighted by molar-refractivity contribution is 7.09. The number of hydrogen-bond donors (Lipinski definition) is 1. The first-order valence-electron chi connectivity index (χ1n) is 10.1. The number of hydrogen-bond acceptors (Lipinski definition) is 7. The number of amides is 1. The number of nitrogens with one attached hydrogen (secondary N) is 1. The molecule has 0 aliphatic carbocycles. The van der Waals surface area contributed by atoms with Gasteiger partial charge in [0.15, 0.2) is 0 Å². The van der Waals surface area contributed by atoms with E-state index >= 15 is 0 Å². The van der Waals surface area contributed by atoms with Crippen molar-refractivity contribution >= 4 is 23.3 Å². The van der Waals surface area contributed by atoms with Crippen LogP contribution in [0.4, 0.5) is 0 Å². The predicted octanol–water partition coefficient (Wildman–Crippen LogP) is 2.41. The lowest BCUT2D eigenvalue weighted by Crippen LogP contribution is -2.31. The second-order valence-corrected chi connectivity index (χ2v) is 8.08. The number of pyridine rings is 1. The minimum Gasteiger partial charge on any atom is -0.496 e. The van der Waals surface area contributed by atoms with Gasteiger partial charge < -0.3 is 19.0 Å². The average Bonchev–Trinajstić information content (AvgIpc) is 3.44. The van der Waals surface area contributed by atoms with Crippen LogP contribution in [0.2, 0.25) is 0 Å². The van der Waals surface area contributed by atoms with Gasteiger partial charge in [-0.2, -0.15) is 0 Å². The van der Waals surface area contributed by atoms with Crippen molar-refractivity contribution in [3.63, 3.8) is 0 Å². The molecule has 1 aliphatic heterocycles. The summed E-state index contributed by atoms with van der Waals surface area (Å²) in [6.45, 7) is 3.01. The van der Waals surface area contributed by atoms with Crippen molar-refractivity contribution in [3.05, 3.63) is 74.5 Å². The van der Waals surface area contributed by atoms with Crippen molar-refractivity contribution in [2.75, 3.05) is 26.7 Å². The Bertz CT molecular complexity index is 1100. The summed E-state index contributed by atoms with van der Waals surface area (Å²) in [5.41, 5.74) is 0.974. The van der Waals surface area contributed by atoms with E-state index in [1.165, 1.54) is 24.5 Å². The van der Waals surface area contributed by atoms with Crippen LogP contribution in [0.3, 0.4) is 0 Å². The molecule has 0 fully saturated rings. The van der Waals surface area contributed by atoms with E-state index in [1.54, 1.807) is 17.0 Å². The van der Waals surface area contributed by atoms with E-state index in [-0.39, 0.29) is 11.5 Å². The zero-order valence-corrected chi connectivity index (χ0v) is 18.1. The lowest BCUT2D eigenvalue weighted by Gasteiger charge is -2.17. The highest BCUT2D eigenvalue weighted by Gasteiger charge is 2.25. The molecular formula is C22H24N4O4S. The van der Waals surface area contributed by atoms with Crippen LogP contribution in [-0.4, -0.2) is 47.1 Å². The Morgan fingerprint density at radius 3 is 3.03 bits per heavy atom. The zero-order chi connectivity index (χ0) is 21.6. The van der Waals surface area contributed by atoms with Gasteiger partial charge in [-0.15, -0.1) is 11.3 Å². The number of fused-ring (bicyclic) bond motifs is 1. The molecule has 0 bridgehead atoms. The molecule has 0 radical (unpaired) electrons. The van der Waals surface area contributed by atoms with Crippen molar-refractivity contribution < 1.29 is 13.9 Å². The minimum absolute atomic E-state index is 0.156. The molecule has 162 valence electrons. The molecule has 3 aromatic rings. The highest BCUT2D eigenvalue weighted by Crippen LogP contribution is 2.23. The predicted molar refractivity (Wildman–Crippen MR) is 118 cm³/mol. The van der Waals surface area contributed by atoms with Gasteiger partial charge in [-0.3, -0.25) is 14.5 Å². The maximum absolute atomic E-state index is 13.0. The number of aromatic nitrogens is 2. The Kier molecular flexibility index (Phi) is 6.63. The van der Waals surface area contributed by atoms with Gasteiger partial charge in [-0.05, 0) is 18.2 Å². The molecule has 0 saturated heterocycles. The first-order valence-corrected chi connectivity index (χ1v) is 10.9. The Balaban J connectivity index is 1.52. The molecular weight excluding hydrogens is 416 g/mol. The third-order valence-electron chi connectivity index (χ3n) is 5.21. The normalized spacial score (nSPS) is 14.4. The molecule has 0 atom stereocenters. The van der Waals surface area contributed by atoms with Crippen LogP contribution in [0.25, 0.3) is 6.08 Å². The first kappa shape index (κ1) is 21.1. The van der Waals surface area contributed by atoms with E-state index in [0.717, 1.165) is 23.9 Å². The maximum Gasteiger partial charge on any atom is 0.257 e. The molecule has 9 heteroatoms. The van der Waals surface area contributed by atoms with Gasteiger partial charge in [0.2, 0.25) is 0 Å². The Hall–Kier alpha value is -3.17. The van der Waals surface area contributed by atoms with Gasteiger partial charge in [-0.25, -0.2) is 4.98 Å². The molecule has 1 aliphatic rings. The van der Waals surface area contributed by atoms with Crippen LogP contribution in [0.5, 0.6) is 5.75 Å². The van der Waals surface area contributed by atoms with Crippen LogP contribution < -0.4 is 15.6 Å². The van der Waals surface area contributed by atoms with Crippen LogP contribution in [0, 0.1) is 0 Å². The molecule has 4 rings (SSSR count). The van der Waals surface area contributed by atoms with Crippen LogP contribution in [0.15, 0.2) is 51.3 Å². The first-order chi connectivity index (χ1) is 15.2. The number of rotatable bonds is 7. The van der Waals surface area contributed by atoms with Gasteiger partial charge in [0.05, 0.1) is 19.9 Å². The van der Waals surface area contributed by atoms with Crippen molar-refractivity contribution in [2.24, 2.45) is 0 Å². The molecule has 8 nitrogen and oxygen atoms in total. The molecule has 0 unspecified atom stereocenters. The fourth-order valence-corrected chi connectivity index (χ4v) is 4.23. The van der Waals surface area contributed by atoms with E-state index in [1.807, 2.05) is 29.7 Å². The third kappa shape index (κ3) is 4.95. The number of furan rings is 1. The molecule has 31 heavy (non-hydrogen) atoms. The summed E-state index contributed by atoms with van der Waals surface area (Å²) < 4.78 is 12.4. The molecule has 1 amide bonds. The number of methoxy groups -OCH3 is 1. The van der Waals surface area contributed by atoms with Crippen LogP contribution in [-0.2, 0) is 19.5 Å². The van der Waals surface area contributed by atoms with Gasteiger partial charge in [0.1, 0.15) is 22.1 Å². The number of nitrogens with zero attached hydrogens (tertiary/aromatic N) is 3. The Labute approximate surface area is 183 Å². The SMILES string of the molecule is COc1cc(=O)n2c(c1C(=O)NCc1nccs1)CCN(C/C=C/c1ccco1)CC2. The summed E-state index contributed by atoms with van der Waals surface area (Å²) in [5, 5.41) is 5.59. The molecule has 0 aromatic carbocycles. The topological polar surface area (TPSA) is 89.6 Å². The summed E-state index contributed by atoms with van der Waals surface area (Å²) in [6.07, 6.45) is 7.89. The largest absolute Gasteiger partial charge is 0.496 e. The number of carbonyl (C=O) groups excluding carboxylic acids is 1. The second-order valence-electron chi connectivity index (χ2n) is 7.10. The van der Waals surface area contributed by atoms with Crippen molar-refractivity contribution in [3.8, 4) is 5.75 Å². The summed E-state index contributed by atoms with van der Waals surface area (Å²) in [5.74, 6) is 0.847. The van der Waals surface area contributed by atoms with Gasteiger partial charge in [-0.1, -0.05) is 6.08 Å². The molecule has 0 spiro atoms. The van der Waals surface area contributed by atoms with E-state index in [9.17, 15) is 9.59 Å². The average molecular weight is 441 g/mol. The van der Waals surface area contributed by atoms with E-state index in [2.05, 4.69) is 15.2 Å². The minimum atomic E-state index is -0.262. The third-order valence-corrected chi connectivity index (χ3v) is 5.99. The standard InChI is InChI=1S/C22H24N4O4S/c1-29-18-14-20(27)26-11-10-25(8-2-4-16-5-3-12-30-16)9-6-17(26)21(18)22(28)24-15-19-23-7-13-31-19/h2-5,7,12-14H,6,8-11,15H2,1H3,(H,24,28)/b4-2+. The number of thiazole rings is 1. The van der Waals surface area contributed by atoms with E-state index in [4.69, 9.17) is 9.15 Å². The maximum atomic E-state index is 13.0. The van der Waals surface area contributed by atoms with Crippen LogP contribution in [0.1, 0.15) is 26.8 Å². The van der Waals surface area contributed by atoms with Gasteiger partial charge >= 0.3 is 0 Å². The molecule has 0 saturated carbocycles. The zero-order valence-electron chi connectivity index (χ0n) is 17.2. The van der Waals surface area contributed by atoms with E-state index in [0.29, 0.717) is 43.1 Å². The second kappa shape index (κ2) is 9.76. The summed E-state index contributed by atoms with van der Waals surface area (Å²) in [4.78, 5) is 32.2. The quantitative estimate of drug-likeness (QED) is 0.607. The fourth-order valence-electron chi connectivity index (χ4n) is 3.67. The smallest absolute Gasteiger partial charge is 0.257 e. The van der Waals surface area contributed by atoms with Crippen LogP contribution >= 0.6 is 11.3 Å². The highest BCUT2D eigenvalue weighted by atomic mass is 32.1. The monoisotopic (exact) mass is 440 g/mol. The Morgan fingerprint density at radius 1 is 1.39 bits per heavy atom. The summed E-state index contributed by atoms with van der Waals surface area (Å²) in [7, 11) is 1.48. The number of carbonyl (C=O) groups is 1. The molecule has 4 heterocycles. The van der Waals surface area contributed by atoms with Gasteiger partial charge in [0.25, 0.3) is 11.5 Å². The lowest BCUT2D eigenvalue weighted by atomic mass is 10.1. The lowest BCUT2D eigenvalue weighted by molar-refractivity contribution is 0.0945. The van der Waals surface area contributed by atoms with E-state index < -0.39 is 0 Å². The Morgan fingerprint density at radius 2 is 2.29 bits per heavy atom. The summed E-state index contributed by atoms with van der Waals surface area (Å²) >= 11 is 1.48. The summed E-state index contributed by atoms with van der Waals surface area (Å²) in [6, 6.07) is 5.15. The van der Waals surface area contributed by atoms with Crippen molar-refractivity contribution in [2.45, 2.75) is 19.5 Å². The van der Waals surface area contributed by atoms with Crippen molar-refractivity contribution in [1.29, 1.82) is 0 Å². The van der Waals surface area contributed by atoms with Crippen molar-refractivity contribution in [1.82, 2.24) is 19.8 Å². The molecule has 1 N–H and O–H groups in total. The molecule has 3 aromatic heterocycles. The number of ether oxygens (including phenoxy) is 1. The fraction of sp³-hybridized carbons (Fsp3) is 0.318.